The second-order valence-corrected chi connectivity index (χ2v) is 6.56. The number of rotatable bonds is 9. The van der Waals surface area contributed by atoms with Crippen molar-refractivity contribution in [2.45, 2.75) is 62.2 Å². The van der Waals surface area contributed by atoms with Crippen molar-refractivity contribution in [1.82, 2.24) is 10.6 Å². The third-order valence-corrected chi connectivity index (χ3v) is 4.22. The topological polar surface area (TPSA) is 191 Å². The van der Waals surface area contributed by atoms with Gasteiger partial charge in [-0.15, -0.1) is 0 Å². The lowest BCUT2D eigenvalue weighted by Gasteiger charge is -2.40. The summed E-state index contributed by atoms with van der Waals surface area (Å²) in [5.41, 5.74) is 5.44. The molecule has 0 aromatic heterocycles. The Balaban J connectivity index is 2.57. The number of alkyl halides is 2. The number of ether oxygens (including phenoxy) is 1. The van der Waals surface area contributed by atoms with Crippen LogP contribution in [-0.4, -0.2) is 93.8 Å². The predicted molar refractivity (Wildman–Crippen MR) is 88.2 cm³/mol. The van der Waals surface area contributed by atoms with Gasteiger partial charge in [-0.05, 0) is 6.92 Å². The van der Waals surface area contributed by atoms with E-state index in [2.05, 4.69) is 5.32 Å². The summed E-state index contributed by atoms with van der Waals surface area (Å²) >= 11 is 0. The summed E-state index contributed by atoms with van der Waals surface area (Å²) in [6.07, 6.45) is -8.19. The first-order valence-electron chi connectivity index (χ1n) is 8.44. The summed E-state index contributed by atoms with van der Waals surface area (Å²) in [7, 11) is 0. The highest BCUT2D eigenvalue weighted by Crippen LogP contribution is 2.34. The maximum atomic E-state index is 14.4. The minimum atomic E-state index is -3.68. The monoisotopic (exact) mass is 413 g/mol. The van der Waals surface area contributed by atoms with Crippen molar-refractivity contribution in [3.05, 3.63) is 0 Å². The average Bonchev–Trinajstić information content (AvgIpc) is 2.60. The van der Waals surface area contributed by atoms with Crippen LogP contribution < -0.4 is 16.4 Å². The number of halogens is 2. The number of carboxylic acid groups (broad SMARTS) is 1. The summed E-state index contributed by atoms with van der Waals surface area (Å²) in [5, 5.41) is 41.0. The van der Waals surface area contributed by atoms with Crippen LogP contribution in [0.3, 0.4) is 0 Å². The van der Waals surface area contributed by atoms with Crippen molar-refractivity contribution in [3.8, 4) is 0 Å². The maximum Gasteiger partial charge on any atom is 0.325 e. The molecule has 0 bridgehead atoms. The maximum absolute atomic E-state index is 14.4. The summed E-state index contributed by atoms with van der Waals surface area (Å²) in [6.45, 7) is -0.252. The Hall–Kier alpha value is -1.93. The molecule has 0 radical (unpaired) electrons. The standard InChI is InChI=1S/C15H25F2N3O8/c1-6(14(26)27)20-11(23)4-19-13(25)7(18)3-15(16,17)10-2-8(22)12(24)9(5-21)28-10/h6-10,12,21-22,24H,2-5,18H2,1H3,(H,19,25)(H,20,23)(H,26,27)/t6-,7?,8+,9+,10?,12+/m0/s1. The van der Waals surface area contributed by atoms with Gasteiger partial charge in [-0.25, -0.2) is 8.78 Å². The highest BCUT2D eigenvalue weighted by atomic mass is 19.3. The molecule has 1 fully saturated rings. The van der Waals surface area contributed by atoms with Gasteiger partial charge in [0, 0.05) is 12.8 Å². The first-order chi connectivity index (χ1) is 12.9. The number of carbonyl (C=O) groups is 3. The second kappa shape index (κ2) is 10.0. The summed E-state index contributed by atoms with van der Waals surface area (Å²) in [4.78, 5) is 33.9. The molecule has 13 heteroatoms. The molecule has 28 heavy (non-hydrogen) atoms. The molecule has 6 atom stereocenters. The van der Waals surface area contributed by atoms with Crippen molar-refractivity contribution in [3.63, 3.8) is 0 Å². The molecule has 162 valence electrons. The molecule has 0 saturated carbocycles. The average molecular weight is 413 g/mol. The van der Waals surface area contributed by atoms with Gasteiger partial charge in [-0.1, -0.05) is 0 Å². The van der Waals surface area contributed by atoms with Crippen molar-refractivity contribution in [2.24, 2.45) is 5.73 Å². The lowest BCUT2D eigenvalue weighted by molar-refractivity contribution is -0.240. The number of hydrogen-bond donors (Lipinski definition) is 7. The zero-order chi connectivity index (χ0) is 21.6. The van der Waals surface area contributed by atoms with Gasteiger partial charge in [0.2, 0.25) is 11.8 Å². The number of carbonyl (C=O) groups excluding carboxylic acids is 2. The van der Waals surface area contributed by atoms with E-state index in [1.165, 1.54) is 6.92 Å². The Bertz CT molecular complexity index is 579. The van der Waals surface area contributed by atoms with E-state index >= 15 is 0 Å². The minimum absolute atomic E-state index is 0.630. The van der Waals surface area contributed by atoms with E-state index in [-0.39, 0.29) is 0 Å². The molecule has 1 aliphatic heterocycles. The predicted octanol–water partition coefficient (Wildman–Crippen LogP) is -3.08. The molecule has 2 amide bonds. The second-order valence-electron chi connectivity index (χ2n) is 6.56. The Labute approximate surface area is 158 Å². The van der Waals surface area contributed by atoms with Crippen LogP contribution in [0.5, 0.6) is 0 Å². The van der Waals surface area contributed by atoms with Crippen LogP contribution in [0.1, 0.15) is 19.8 Å². The van der Waals surface area contributed by atoms with Gasteiger partial charge in [-0.3, -0.25) is 14.4 Å². The van der Waals surface area contributed by atoms with Crippen molar-refractivity contribution in [1.29, 1.82) is 0 Å². The SMILES string of the molecule is C[C@H](NC(=O)CNC(=O)C(N)CC(F)(F)C1C[C@@H](O)[C@@H](O)[C@@H](CO)O1)C(=O)O. The van der Waals surface area contributed by atoms with E-state index in [0.29, 0.717) is 0 Å². The Morgan fingerprint density at radius 3 is 2.46 bits per heavy atom. The number of carboxylic acids is 1. The van der Waals surface area contributed by atoms with Gasteiger partial charge in [0.1, 0.15) is 24.4 Å². The normalized spacial score (nSPS) is 27.5. The van der Waals surface area contributed by atoms with E-state index in [9.17, 15) is 33.4 Å². The molecule has 2 unspecified atom stereocenters. The van der Waals surface area contributed by atoms with Gasteiger partial charge in [-0.2, -0.15) is 0 Å². The van der Waals surface area contributed by atoms with E-state index in [0.717, 1.165) is 0 Å². The Morgan fingerprint density at radius 1 is 1.32 bits per heavy atom. The number of nitrogens with one attached hydrogen (secondary N) is 2. The van der Waals surface area contributed by atoms with Crippen LogP contribution in [0.4, 0.5) is 8.78 Å². The minimum Gasteiger partial charge on any atom is -0.480 e. The fourth-order valence-electron chi connectivity index (χ4n) is 2.55. The van der Waals surface area contributed by atoms with Crippen LogP contribution in [0.15, 0.2) is 0 Å². The van der Waals surface area contributed by atoms with Gasteiger partial charge in [0.25, 0.3) is 5.92 Å². The highest BCUT2D eigenvalue weighted by molar-refractivity contribution is 5.89. The smallest absolute Gasteiger partial charge is 0.325 e. The summed E-state index contributed by atoms with van der Waals surface area (Å²) in [6, 6.07) is -2.94. The van der Waals surface area contributed by atoms with Crippen molar-refractivity contribution >= 4 is 17.8 Å². The largest absolute Gasteiger partial charge is 0.480 e. The van der Waals surface area contributed by atoms with E-state index in [1.807, 2.05) is 5.32 Å². The lowest BCUT2D eigenvalue weighted by atomic mass is 9.92. The van der Waals surface area contributed by atoms with Crippen LogP contribution in [0.2, 0.25) is 0 Å². The van der Waals surface area contributed by atoms with Gasteiger partial charge >= 0.3 is 5.97 Å². The molecule has 1 rings (SSSR count). The Kier molecular flexibility index (Phi) is 8.63. The highest BCUT2D eigenvalue weighted by Gasteiger charge is 2.49. The fraction of sp³-hybridized carbons (Fsp3) is 0.800. The van der Waals surface area contributed by atoms with Gasteiger partial charge in [0.15, 0.2) is 0 Å². The zero-order valence-corrected chi connectivity index (χ0v) is 15.0. The first kappa shape index (κ1) is 24.1. The summed E-state index contributed by atoms with van der Waals surface area (Å²) < 4.78 is 33.7. The molecule has 11 nitrogen and oxygen atoms in total. The molecular weight excluding hydrogens is 388 g/mol. The number of amides is 2. The van der Waals surface area contributed by atoms with Crippen LogP contribution >= 0.6 is 0 Å². The van der Waals surface area contributed by atoms with Crippen LogP contribution in [0.25, 0.3) is 0 Å². The third kappa shape index (κ3) is 6.60. The van der Waals surface area contributed by atoms with E-state index in [4.69, 9.17) is 20.7 Å². The molecule has 1 saturated heterocycles. The van der Waals surface area contributed by atoms with Crippen LogP contribution in [0, 0.1) is 0 Å². The molecule has 1 aliphatic rings. The number of aliphatic carboxylic acids is 1. The third-order valence-electron chi connectivity index (χ3n) is 4.22. The van der Waals surface area contributed by atoms with Gasteiger partial charge in [0.05, 0.1) is 25.3 Å². The van der Waals surface area contributed by atoms with E-state index < -0.39 is 86.2 Å². The molecule has 8 N–H and O–H groups in total. The zero-order valence-electron chi connectivity index (χ0n) is 15.0. The number of nitrogens with two attached hydrogens (primary N) is 1. The molecular formula is C15H25F2N3O8. The summed E-state index contributed by atoms with van der Waals surface area (Å²) in [5.74, 6) is -6.89. The fourth-order valence-corrected chi connectivity index (χ4v) is 2.55. The first-order valence-corrected chi connectivity index (χ1v) is 8.44. The molecule has 1 heterocycles. The van der Waals surface area contributed by atoms with E-state index in [1.54, 1.807) is 0 Å². The van der Waals surface area contributed by atoms with Crippen LogP contribution in [-0.2, 0) is 19.1 Å². The molecule has 0 spiro atoms. The quantitative estimate of drug-likeness (QED) is 0.205. The Morgan fingerprint density at radius 2 is 1.93 bits per heavy atom. The number of aliphatic hydroxyl groups excluding tert-OH is 3. The van der Waals surface area contributed by atoms with Gasteiger partial charge < -0.3 is 41.5 Å². The molecule has 0 aliphatic carbocycles. The number of aliphatic hydroxyl groups is 3. The number of hydrogen-bond acceptors (Lipinski definition) is 8. The van der Waals surface area contributed by atoms with Crippen molar-refractivity contribution < 1.29 is 48.3 Å². The molecule has 0 aromatic carbocycles. The lowest BCUT2D eigenvalue weighted by Crippen LogP contribution is -2.56. The van der Waals surface area contributed by atoms with Crippen molar-refractivity contribution in [2.75, 3.05) is 13.2 Å². The molecule has 0 aromatic rings.